The summed E-state index contributed by atoms with van der Waals surface area (Å²) >= 11 is 0. The SMILES string of the molecule is CC(C)(C)C1CCC(C(C)(C)C)COC1.CC(C)(C)C1CCCC(C(C)(C)C)OC1.CC(C)(C)C1CCOC(C(C)(C)C)CC1.CC(C)(C)C1CCOCC(C(C)(C)C)C1. The fraction of sp³-hybridized carbons (Fsp3) is 1.00. The summed E-state index contributed by atoms with van der Waals surface area (Å²) < 4.78 is 23.7. The lowest BCUT2D eigenvalue weighted by Crippen LogP contribution is -2.31. The third kappa shape index (κ3) is 22.2. The van der Waals surface area contributed by atoms with Gasteiger partial charge in [0.2, 0.25) is 0 Å². The molecule has 60 heavy (non-hydrogen) atoms. The molecule has 4 heteroatoms. The van der Waals surface area contributed by atoms with E-state index in [1.165, 1.54) is 64.2 Å². The van der Waals surface area contributed by atoms with Crippen LogP contribution in [0.4, 0.5) is 0 Å². The number of ether oxygens (including phenoxy) is 4. The topological polar surface area (TPSA) is 36.9 Å². The molecule has 0 spiro atoms. The summed E-state index contributed by atoms with van der Waals surface area (Å²) in [6, 6.07) is 0. The maximum absolute atomic E-state index is 6.11. The molecular formula is C56H112O4. The van der Waals surface area contributed by atoms with E-state index < -0.39 is 0 Å². The average molecular weight is 850 g/mol. The molecule has 360 valence electrons. The fourth-order valence-corrected chi connectivity index (χ4v) is 9.45. The Kier molecular flexibility index (Phi) is 22.5. The summed E-state index contributed by atoms with van der Waals surface area (Å²) in [5.41, 5.74) is 3.03. The Morgan fingerprint density at radius 3 is 1.05 bits per heavy atom. The molecule has 4 rings (SSSR count). The van der Waals surface area contributed by atoms with Gasteiger partial charge in [-0.1, -0.05) is 173 Å². The molecule has 4 fully saturated rings. The van der Waals surface area contributed by atoms with E-state index in [0.29, 0.717) is 61.4 Å². The van der Waals surface area contributed by atoms with Crippen molar-refractivity contribution in [3.63, 3.8) is 0 Å². The van der Waals surface area contributed by atoms with E-state index in [4.69, 9.17) is 18.9 Å². The third-order valence-corrected chi connectivity index (χ3v) is 15.4. The fourth-order valence-electron chi connectivity index (χ4n) is 9.45. The van der Waals surface area contributed by atoms with Crippen LogP contribution in [0.2, 0.25) is 0 Å². The summed E-state index contributed by atoms with van der Waals surface area (Å²) in [5, 5.41) is 0. The first kappa shape index (κ1) is 57.9. The van der Waals surface area contributed by atoms with Crippen LogP contribution < -0.4 is 0 Å². The van der Waals surface area contributed by atoms with E-state index in [1.54, 1.807) is 0 Å². The highest BCUT2D eigenvalue weighted by Gasteiger charge is 2.37. The standard InChI is InChI=1S/4C14H28O/c1-13(2,3)11-7-8-15-10-12(9-11)14(4,5)6;1-13(2,3)11-7-8-12(10-15-9-11)14(4,5)6;1-13(2,3)11-7-8-12(14(4,5)6)15-10-9-11;1-13(2,3)11-8-7-9-12(15-10-11)14(4,5)6/h4*11-12H,7-10H2,1-6H3. The molecule has 4 aliphatic rings. The highest BCUT2D eigenvalue weighted by molar-refractivity contribution is 4.86. The van der Waals surface area contributed by atoms with Crippen LogP contribution in [0.1, 0.15) is 230 Å². The summed E-state index contributed by atoms with van der Waals surface area (Å²) in [6.45, 7) is 61.6. The average Bonchev–Trinajstić information content (AvgIpc) is 3.65. The van der Waals surface area contributed by atoms with Crippen LogP contribution in [0.25, 0.3) is 0 Å². The molecule has 0 radical (unpaired) electrons. The molecule has 0 aromatic carbocycles. The second-order valence-electron chi connectivity index (χ2n) is 28.8. The summed E-state index contributed by atoms with van der Waals surface area (Å²) in [5.74, 6) is 4.53. The highest BCUT2D eigenvalue weighted by atomic mass is 16.5. The van der Waals surface area contributed by atoms with E-state index in [2.05, 4.69) is 166 Å². The number of rotatable bonds is 0. The van der Waals surface area contributed by atoms with Crippen LogP contribution in [-0.4, -0.2) is 51.8 Å². The molecule has 4 aliphatic heterocycles. The Morgan fingerprint density at radius 2 is 0.633 bits per heavy atom. The van der Waals surface area contributed by atoms with Gasteiger partial charge >= 0.3 is 0 Å². The van der Waals surface area contributed by atoms with Crippen LogP contribution in [0.15, 0.2) is 0 Å². The van der Waals surface area contributed by atoms with Crippen molar-refractivity contribution in [2.45, 2.75) is 243 Å². The first-order valence-corrected chi connectivity index (χ1v) is 25.2. The quantitative estimate of drug-likeness (QED) is 0.243. The second-order valence-corrected chi connectivity index (χ2v) is 28.8. The zero-order valence-electron chi connectivity index (χ0n) is 45.6. The van der Waals surface area contributed by atoms with Crippen molar-refractivity contribution in [2.24, 2.45) is 78.8 Å². The molecule has 8 unspecified atom stereocenters. The molecule has 0 amide bonds. The molecule has 4 saturated heterocycles. The van der Waals surface area contributed by atoms with Gasteiger partial charge < -0.3 is 18.9 Å². The van der Waals surface area contributed by atoms with E-state index in [1.807, 2.05) is 0 Å². The van der Waals surface area contributed by atoms with Gasteiger partial charge in [-0.3, -0.25) is 0 Å². The van der Waals surface area contributed by atoms with Gasteiger partial charge in [0, 0.05) is 33.0 Å². The summed E-state index contributed by atoms with van der Waals surface area (Å²) in [6.07, 6.45) is 13.8. The van der Waals surface area contributed by atoms with Gasteiger partial charge in [0.25, 0.3) is 0 Å². The predicted octanol–water partition coefficient (Wildman–Crippen LogP) is 16.8. The van der Waals surface area contributed by atoms with Crippen LogP contribution in [0.5, 0.6) is 0 Å². The lowest BCUT2D eigenvalue weighted by atomic mass is 9.69. The van der Waals surface area contributed by atoms with Crippen LogP contribution in [0.3, 0.4) is 0 Å². The van der Waals surface area contributed by atoms with E-state index >= 15 is 0 Å². The Bertz CT molecular complexity index is 948. The molecule has 0 aliphatic carbocycles. The minimum Gasteiger partial charge on any atom is -0.381 e. The zero-order valence-corrected chi connectivity index (χ0v) is 45.6. The zero-order chi connectivity index (χ0) is 46.8. The smallest absolute Gasteiger partial charge is 0.0623 e. The minimum atomic E-state index is 0.298. The second kappa shape index (κ2) is 23.3. The predicted molar refractivity (Wildman–Crippen MR) is 264 cm³/mol. The molecular weight excluding hydrogens is 737 g/mol. The van der Waals surface area contributed by atoms with Gasteiger partial charge in [-0.15, -0.1) is 0 Å². The maximum atomic E-state index is 6.11. The monoisotopic (exact) mass is 849 g/mol. The maximum Gasteiger partial charge on any atom is 0.0623 e. The first-order valence-electron chi connectivity index (χ1n) is 25.2. The Labute approximate surface area is 378 Å². The molecule has 8 atom stereocenters. The van der Waals surface area contributed by atoms with E-state index in [0.717, 1.165) is 69.2 Å². The van der Waals surface area contributed by atoms with Crippen molar-refractivity contribution in [1.82, 2.24) is 0 Å². The van der Waals surface area contributed by atoms with Gasteiger partial charge in [-0.25, -0.2) is 0 Å². The van der Waals surface area contributed by atoms with E-state index in [9.17, 15) is 0 Å². The molecule has 0 aromatic heterocycles. The summed E-state index contributed by atoms with van der Waals surface area (Å²) in [7, 11) is 0. The van der Waals surface area contributed by atoms with Gasteiger partial charge in [-0.2, -0.15) is 0 Å². The summed E-state index contributed by atoms with van der Waals surface area (Å²) in [4.78, 5) is 0. The number of hydrogen-bond donors (Lipinski definition) is 0. The molecule has 0 aromatic rings. The lowest BCUT2D eigenvalue weighted by molar-refractivity contribution is -0.0380. The van der Waals surface area contributed by atoms with E-state index in [-0.39, 0.29) is 0 Å². The van der Waals surface area contributed by atoms with Crippen LogP contribution >= 0.6 is 0 Å². The third-order valence-electron chi connectivity index (χ3n) is 15.4. The Morgan fingerprint density at radius 1 is 0.267 bits per heavy atom. The van der Waals surface area contributed by atoms with Crippen molar-refractivity contribution in [2.75, 3.05) is 39.6 Å². The van der Waals surface area contributed by atoms with Gasteiger partial charge in [0.05, 0.1) is 18.8 Å². The molecule has 0 saturated carbocycles. The van der Waals surface area contributed by atoms with Crippen LogP contribution in [0, 0.1) is 78.8 Å². The van der Waals surface area contributed by atoms with Crippen molar-refractivity contribution in [1.29, 1.82) is 0 Å². The molecule has 0 bridgehead atoms. The lowest BCUT2D eigenvalue weighted by Gasteiger charge is -2.36. The van der Waals surface area contributed by atoms with Gasteiger partial charge in [0.15, 0.2) is 0 Å². The Balaban J connectivity index is 0.000000400. The van der Waals surface area contributed by atoms with Gasteiger partial charge in [-0.05, 0) is 137 Å². The first-order chi connectivity index (χ1) is 26.8. The molecule has 4 heterocycles. The van der Waals surface area contributed by atoms with Gasteiger partial charge in [0.1, 0.15) is 0 Å². The number of hydrogen-bond acceptors (Lipinski definition) is 4. The van der Waals surface area contributed by atoms with Crippen molar-refractivity contribution in [3.8, 4) is 0 Å². The van der Waals surface area contributed by atoms with Crippen LogP contribution in [-0.2, 0) is 18.9 Å². The normalized spacial score (nSPS) is 30.0. The van der Waals surface area contributed by atoms with Crippen molar-refractivity contribution >= 4 is 0 Å². The van der Waals surface area contributed by atoms with Crippen molar-refractivity contribution in [3.05, 3.63) is 0 Å². The molecule has 4 nitrogen and oxygen atoms in total. The minimum absolute atomic E-state index is 0.298. The highest BCUT2D eigenvalue weighted by Crippen LogP contribution is 2.43. The molecule has 0 N–H and O–H groups in total. The largest absolute Gasteiger partial charge is 0.381 e. The Hall–Kier alpha value is -0.160. The van der Waals surface area contributed by atoms with Crippen molar-refractivity contribution < 1.29 is 18.9 Å².